The summed E-state index contributed by atoms with van der Waals surface area (Å²) < 4.78 is 4.61. The highest BCUT2D eigenvalue weighted by Gasteiger charge is 2.13. The van der Waals surface area contributed by atoms with Crippen LogP contribution >= 0.6 is 11.3 Å². The van der Waals surface area contributed by atoms with Gasteiger partial charge < -0.3 is 10.5 Å². The summed E-state index contributed by atoms with van der Waals surface area (Å²) in [6.07, 6.45) is 1.47. The molecule has 1 amide bonds. The first-order chi connectivity index (χ1) is 10.5. The molecule has 2 aromatic rings. The van der Waals surface area contributed by atoms with Crippen molar-refractivity contribution in [3.8, 4) is 0 Å². The van der Waals surface area contributed by atoms with Gasteiger partial charge in [0, 0.05) is 0 Å². The third-order valence-corrected chi connectivity index (χ3v) is 3.72. The van der Waals surface area contributed by atoms with Gasteiger partial charge in [0.2, 0.25) is 0 Å². The first kappa shape index (κ1) is 15.6. The number of anilines is 1. The highest BCUT2D eigenvalue weighted by Crippen LogP contribution is 2.19. The highest BCUT2D eigenvalue weighted by atomic mass is 32.1. The summed E-state index contributed by atoms with van der Waals surface area (Å²) in [5.74, 6) is -0.774. The molecule has 0 spiro atoms. The first-order valence-electron chi connectivity index (χ1n) is 6.26. The quantitative estimate of drug-likeness (QED) is 0.506. The lowest BCUT2D eigenvalue weighted by Crippen LogP contribution is -2.17. The maximum Gasteiger partial charge on any atom is 0.337 e. The van der Waals surface area contributed by atoms with Crippen LogP contribution in [0.1, 0.15) is 31.3 Å². The van der Waals surface area contributed by atoms with E-state index in [1.54, 1.807) is 31.2 Å². The number of amides is 1. The van der Waals surface area contributed by atoms with E-state index in [0.29, 0.717) is 21.3 Å². The minimum absolute atomic E-state index is 0.338. The Labute approximate surface area is 130 Å². The third kappa shape index (κ3) is 3.67. The number of ether oxygens (including phenoxy) is 1. The van der Waals surface area contributed by atoms with Crippen LogP contribution in [-0.4, -0.2) is 30.2 Å². The topological polar surface area (TPSA) is 107 Å². The van der Waals surface area contributed by atoms with Crippen LogP contribution in [0.15, 0.2) is 29.4 Å². The number of carbonyl (C=O) groups excluding carboxylic acids is 2. The highest BCUT2D eigenvalue weighted by molar-refractivity contribution is 7.17. The minimum Gasteiger partial charge on any atom is -0.465 e. The molecule has 0 atom stereocenters. The number of rotatable bonds is 4. The molecule has 8 heteroatoms. The van der Waals surface area contributed by atoms with Gasteiger partial charge in [0.25, 0.3) is 5.91 Å². The van der Waals surface area contributed by atoms with E-state index in [1.165, 1.54) is 13.3 Å². The van der Waals surface area contributed by atoms with Crippen molar-refractivity contribution in [3.05, 3.63) is 46.0 Å². The molecule has 22 heavy (non-hydrogen) atoms. The predicted octanol–water partition coefficient (Wildman–Crippen LogP) is 1.58. The van der Waals surface area contributed by atoms with Crippen LogP contribution in [0.2, 0.25) is 0 Å². The smallest absolute Gasteiger partial charge is 0.337 e. The van der Waals surface area contributed by atoms with E-state index in [1.807, 2.05) is 0 Å². The van der Waals surface area contributed by atoms with Crippen LogP contribution in [0, 0.1) is 6.92 Å². The average molecular weight is 318 g/mol. The van der Waals surface area contributed by atoms with Gasteiger partial charge in [-0.05, 0) is 24.6 Å². The molecule has 0 fully saturated rings. The van der Waals surface area contributed by atoms with E-state index in [-0.39, 0.29) is 5.91 Å². The van der Waals surface area contributed by atoms with Gasteiger partial charge in [0.05, 0.1) is 24.6 Å². The molecule has 1 aromatic carbocycles. The molecule has 2 rings (SSSR count). The number of esters is 1. The Morgan fingerprint density at radius 2 is 2.05 bits per heavy atom. The molecule has 0 saturated carbocycles. The minimum atomic E-state index is -0.407. The van der Waals surface area contributed by atoms with Gasteiger partial charge >= 0.3 is 5.97 Å². The van der Waals surface area contributed by atoms with Gasteiger partial charge in [0.1, 0.15) is 4.88 Å². The summed E-state index contributed by atoms with van der Waals surface area (Å²) in [7, 11) is 1.32. The SMILES string of the molecule is COC(=O)c1ccc(/C=N\NC(=O)c2sc(N)nc2C)cc1. The standard InChI is InChI=1S/C14H14N4O3S/c1-8-11(22-14(15)17-8)12(19)18-16-7-9-3-5-10(6-4-9)13(20)21-2/h3-7H,1-2H3,(H2,15,17)(H,18,19)/b16-7-. The summed E-state index contributed by atoms with van der Waals surface area (Å²) in [5.41, 5.74) is 9.68. The normalized spacial score (nSPS) is 10.6. The average Bonchev–Trinajstić information content (AvgIpc) is 2.86. The molecule has 0 aliphatic carbocycles. The Hall–Kier alpha value is -2.74. The van der Waals surface area contributed by atoms with Crippen molar-refractivity contribution in [2.24, 2.45) is 5.10 Å². The molecule has 0 saturated heterocycles. The number of benzene rings is 1. The molecule has 114 valence electrons. The van der Waals surface area contributed by atoms with E-state index in [9.17, 15) is 9.59 Å². The zero-order valence-corrected chi connectivity index (χ0v) is 12.8. The lowest BCUT2D eigenvalue weighted by atomic mass is 10.1. The van der Waals surface area contributed by atoms with Gasteiger partial charge in [-0.2, -0.15) is 5.10 Å². The Morgan fingerprint density at radius 1 is 1.36 bits per heavy atom. The van der Waals surface area contributed by atoms with Gasteiger partial charge in [0.15, 0.2) is 5.13 Å². The number of aromatic nitrogens is 1. The second-order valence-electron chi connectivity index (χ2n) is 4.28. The van der Waals surface area contributed by atoms with Crippen LogP contribution in [0.4, 0.5) is 5.13 Å². The van der Waals surface area contributed by atoms with E-state index in [2.05, 4.69) is 20.2 Å². The van der Waals surface area contributed by atoms with E-state index >= 15 is 0 Å². The van der Waals surface area contributed by atoms with Crippen molar-refractivity contribution in [1.29, 1.82) is 0 Å². The summed E-state index contributed by atoms with van der Waals surface area (Å²) in [4.78, 5) is 27.6. The van der Waals surface area contributed by atoms with Crippen LogP contribution in [0.3, 0.4) is 0 Å². The second kappa shape index (κ2) is 6.81. The summed E-state index contributed by atoms with van der Waals surface area (Å²) in [6, 6.07) is 6.61. The molecule has 1 aromatic heterocycles. The fourth-order valence-corrected chi connectivity index (χ4v) is 2.39. The van der Waals surface area contributed by atoms with E-state index in [0.717, 1.165) is 16.9 Å². The Morgan fingerprint density at radius 3 is 2.59 bits per heavy atom. The van der Waals surface area contributed by atoms with Gasteiger partial charge in [-0.15, -0.1) is 0 Å². The summed E-state index contributed by atoms with van der Waals surface area (Å²) in [5, 5.41) is 4.20. The molecule has 0 unspecified atom stereocenters. The lowest BCUT2D eigenvalue weighted by molar-refractivity contribution is 0.0600. The number of hydrazone groups is 1. The number of nitrogens with zero attached hydrogens (tertiary/aromatic N) is 2. The van der Waals surface area contributed by atoms with Crippen molar-refractivity contribution < 1.29 is 14.3 Å². The zero-order valence-electron chi connectivity index (χ0n) is 12.0. The number of thiazole rings is 1. The first-order valence-corrected chi connectivity index (χ1v) is 7.07. The number of nitrogens with two attached hydrogens (primary N) is 1. The number of nitrogens with one attached hydrogen (secondary N) is 1. The number of nitrogen functional groups attached to an aromatic ring is 1. The maximum atomic E-state index is 11.9. The van der Waals surface area contributed by atoms with Gasteiger partial charge in [-0.1, -0.05) is 23.5 Å². The van der Waals surface area contributed by atoms with Crippen molar-refractivity contribution in [3.63, 3.8) is 0 Å². The monoisotopic (exact) mass is 318 g/mol. The fraction of sp³-hybridized carbons (Fsp3) is 0.143. The number of hydrogen-bond acceptors (Lipinski definition) is 7. The van der Waals surface area contributed by atoms with Crippen molar-refractivity contribution in [2.45, 2.75) is 6.92 Å². The summed E-state index contributed by atoms with van der Waals surface area (Å²) >= 11 is 1.11. The van der Waals surface area contributed by atoms with Crippen molar-refractivity contribution in [1.82, 2.24) is 10.4 Å². The molecule has 7 nitrogen and oxygen atoms in total. The van der Waals surface area contributed by atoms with Crippen LogP contribution in [-0.2, 0) is 4.74 Å². The van der Waals surface area contributed by atoms with Crippen LogP contribution in [0.25, 0.3) is 0 Å². The number of aryl methyl sites for hydroxylation is 1. The fourth-order valence-electron chi connectivity index (χ4n) is 1.67. The maximum absolute atomic E-state index is 11.9. The zero-order chi connectivity index (χ0) is 16.1. The molecule has 3 N–H and O–H groups in total. The molecule has 1 heterocycles. The third-order valence-electron chi connectivity index (χ3n) is 2.73. The molecule has 0 aliphatic heterocycles. The number of hydrogen-bond donors (Lipinski definition) is 2. The molecule has 0 radical (unpaired) electrons. The van der Waals surface area contributed by atoms with Crippen LogP contribution < -0.4 is 11.2 Å². The largest absolute Gasteiger partial charge is 0.465 e. The van der Waals surface area contributed by atoms with Crippen LogP contribution in [0.5, 0.6) is 0 Å². The van der Waals surface area contributed by atoms with Gasteiger partial charge in [-0.25, -0.2) is 15.2 Å². The van der Waals surface area contributed by atoms with E-state index < -0.39 is 5.97 Å². The lowest BCUT2D eigenvalue weighted by Gasteiger charge is -1.99. The number of carbonyl (C=O) groups is 2. The molecule has 0 bridgehead atoms. The molecular weight excluding hydrogens is 304 g/mol. The predicted molar refractivity (Wildman–Crippen MR) is 84.1 cm³/mol. The summed E-state index contributed by atoms with van der Waals surface area (Å²) in [6.45, 7) is 1.71. The van der Waals surface area contributed by atoms with Crippen molar-refractivity contribution in [2.75, 3.05) is 12.8 Å². The Kier molecular flexibility index (Phi) is 4.84. The molecular formula is C14H14N4O3S. The van der Waals surface area contributed by atoms with Gasteiger partial charge in [-0.3, -0.25) is 4.79 Å². The Balaban J connectivity index is 1.99. The Bertz CT molecular complexity index is 722. The number of methoxy groups -OCH3 is 1. The van der Waals surface area contributed by atoms with Crippen molar-refractivity contribution >= 4 is 34.6 Å². The molecule has 0 aliphatic rings. The van der Waals surface area contributed by atoms with E-state index in [4.69, 9.17) is 5.73 Å². The second-order valence-corrected chi connectivity index (χ2v) is 5.31.